The molecule has 1 atom stereocenters. The Morgan fingerprint density at radius 3 is 2.02 bits per heavy atom. The molecule has 0 heterocycles. The molecule has 3 aromatic rings. The van der Waals surface area contributed by atoms with Crippen LogP contribution in [0.2, 0.25) is 0 Å². The molecule has 1 N–H and O–H groups in total. The molecular weight excluding hydrogens is 546 g/mol. The summed E-state index contributed by atoms with van der Waals surface area (Å²) >= 11 is 0. The lowest BCUT2D eigenvalue weighted by Gasteiger charge is -2.32. The number of hydrogen-bond donors (Lipinski definition) is 1. The van der Waals surface area contributed by atoms with Gasteiger partial charge in [0.2, 0.25) is 11.8 Å². The largest absolute Gasteiger partial charge is 0.497 e. The lowest BCUT2D eigenvalue weighted by molar-refractivity contribution is -0.139. The van der Waals surface area contributed by atoms with E-state index in [2.05, 4.69) is 5.32 Å². The second-order valence-corrected chi connectivity index (χ2v) is 11.4. The fourth-order valence-electron chi connectivity index (χ4n) is 4.14. The van der Waals surface area contributed by atoms with E-state index in [1.165, 1.54) is 37.3 Å². The van der Waals surface area contributed by atoms with Crippen LogP contribution in [0.25, 0.3) is 0 Å². The number of rotatable bonds is 13. The summed E-state index contributed by atoms with van der Waals surface area (Å²) < 4.78 is 44.8. The molecule has 0 spiro atoms. The van der Waals surface area contributed by atoms with E-state index in [1.807, 2.05) is 13.8 Å². The molecule has 0 aromatic heterocycles. The van der Waals surface area contributed by atoms with Crippen molar-refractivity contribution in [2.45, 2.75) is 44.3 Å². The Hall–Kier alpha value is -4.25. The van der Waals surface area contributed by atoms with Gasteiger partial charge in [0.1, 0.15) is 18.3 Å². The average Bonchev–Trinajstić information content (AvgIpc) is 2.98. The van der Waals surface area contributed by atoms with E-state index in [-0.39, 0.29) is 29.1 Å². The molecule has 0 aliphatic heterocycles. The van der Waals surface area contributed by atoms with Crippen molar-refractivity contribution < 1.29 is 32.2 Å². The Bertz CT molecular complexity index is 1430. The zero-order chi connectivity index (χ0) is 30.2. The second kappa shape index (κ2) is 13.9. The van der Waals surface area contributed by atoms with Crippen molar-refractivity contribution in [3.63, 3.8) is 0 Å². The number of nitrogens with one attached hydrogen (secondary N) is 1. The molecule has 2 amide bonds. The summed E-state index contributed by atoms with van der Waals surface area (Å²) in [4.78, 5) is 28.3. The molecule has 3 rings (SSSR count). The van der Waals surface area contributed by atoms with Crippen LogP contribution in [0.1, 0.15) is 26.3 Å². The first-order valence-corrected chi connectivity index (χ1v) is 14.5. The van der Waals surface area contributed by atoms with Crippen LogP contribution >= 0.6 is 0 Å². The highest BCUT2D eigenvalue weighted by molar-refractivity contribution is 7.92. The van der Waals surface area contributed by atoms with Crippen LogP contribution in [0, 0.1) is 0 Å². The van der Waals surface area contributed by atoms with Gasteiger partial charge in [-0.1, -0.05) is 30.3 Å². The van der Waals surface area contributed by atoms with Crippen LogP contribution in [-0.4, -0.2) is 65.1 Å². The van der Waals surface area contributed by atoms with Crippen LogP contribution in [-0.2, 0) is 26.2 Å². The summed E-state index contributed by atoms with van der Waals surface area (Å²) in [6, 6.07) is 18.6. The average molecular weight is 584 g/mol. The van der Waals surface area contributed by atoms with Crippen LogP contribution in [0.4, 0.5) is 5.69 Å². The number of carbonyl (C=O) groups is 2. The molecule has 10 nitrogen and oxygen atoms in total. The number of carbonyl (C=O) groups excluding carboxylic acids is 2. The van der Waals surface area contributed by atoms with Gasteiger partial charge in [-0.2, -0.15) is 0 Å². The van der Waals surface area contributed by atoms with Gasteiger partial charge in [0.05, 0.1) is 31.9 Å². The number of sulfonamides is 1. The summed E-state index contributed by atoms with van der Waals surface area (Å²) in [5, 5.41) is 2.84. The maximum atomic E-state index is 14.0. The maximum Gasteiger partial charge on any atom is 0.264 e. The summed E-state index contributed by atoms with van der Waals surface area (Å²) in [6.07, 6.45) is 0. The number of nitrogens with zero attached hydrogens (tertiary/aromatic N) is 2. The SMILES string of the molecule is COc1ccc(CN(C(=O)CN(c2ccccc2)S(=O)(=O)c2ccc(OC)c(OC)c2)[C@@H](C)C(=O)NC(C)C)cc1. The molecule has 0 aliphatic carbocycles. The Balaban J connectivity index is 2.03. The number of para-hydroxylation sites is 1. The summed E-state index contributed by atoms with van der Waals surface area (Å²) in [7, 11) is 0.165. The number of amides is 2. The third-order valence-corrected chi connectivity index (χ3v) is 8.15. The van der Waals surface area contributed by atoms with Crippen molar-refractivity contribution in [3.05, 3.63) is 78.4 Å². The van der Waals surface area contributed by atoms with Gasteiger partial charge in [0, 0.05) is 18.7 Å². The van der Waals surface area contributed by atoms with Crippen molar-refractivity contribution in [3.8, 4) is 17.2 Å². The fourth-order valence-corrected chi connectivity index (χ4v) is 5.57. The van der Waals surface area contributed by atoms with E-state index in [0.717, 1.165) is 9.87 Å². The first kappa shape index (κ1) is 31.3. The van der Waals surface area contributed by atoms with Gasteiger partial charge in [-0.25, -0.2) is 8.42 Å². The van der Waals surface area contributed by atoms with E-state index < -0.39 is 28.5 Å². The molecule has 0 unspecified atom stereocenters. The van der Waals surface area contributed by atoms with Gasteiger partial charge in [-0.3, -0.25) is 13.9 Å². The number of benzene rings is 3. The monoisotopic (exact) mass is 583 g/mol. The quantitative estimate of drug-likeness (QED) is 0.325. The van der Waals surface area contributed by atoms with Crippen LogP contribution < -0.4 is 23.8 Å². The van der Waals surface area contributed by atoms with Crippen molar-refractivity contribution in [2.75, 3.05) is 32.2 Å². The van der Waals surface area contributed by atoms with Gasteiger partial charge < -0.3 is 24.4 Å². The minimum Gasteiger partial charge on any atom is -0.497 e. The Morgan fingerprint density at radius 2 is 1.46 bits per heavy atom. The fraction of sp³-hybridized carbons (Fsp3) is 0.333. The minimum absolute atomic E-state index is 0.0779. The van der Waals surface area contributed by atoms with E-state index in [4.69, 9.17) is 14.2 Å². The van der Waals surface area contributed by atoms with Gasteiger partial charge >= 0.3 is 0 Å². The smallest absolute Gasteiger partial charge is 0.264 e. The van der Waals surface area contributed by atoms with E-state index in [9.17, 15) is 18.0 Å². The van der Waals surface area contributed by atoms with Crippen molar-refractivity contribution >= 4 is 27.5 Å². The highest BCUT2D eigenvalue weighted by Gasteiger charge is 2.33. The predicted octanol–water partition coefficient (Wildman–Crippen LogP) is 3.85. The normalized spacial score (nSPS) is 11.9. The summed E-state index contributed by atoms with van der Waals surface area (Å²) in [5.74, 6) is 0.335. The number of methoxy groups -OCH3 is 3. The zero-order valence-corrected chi connectivity index (χ0v) is 25.0. The number of anilines is 1. The van der Waals surface area contributed by atoms with Crippen LogP contribution in [0.5, 0.6) is 17.2 Å². The Labute approximate surface area is 241 Å². The zero-order valence-electron chi connectivity index (χ0n) is 24.2. The van der Waals surface area contributed by atoms with Gasteiger partial charge in [-0.15, -0.1) is 0 Å². The minimum atomic E-state index is -4.25. The maximum absolute atomic E-state index is 14.0. The van der Waals surface area contributed by atoms with Crippen molar-refractivity contribution in [1.29, 1.82) is 0 Å². The molecule has 0 bridgehead atoms. The first-order chi connectivity index (χ1) is 19.5. The molecule has 0 radical (unpaired) electrons. The van der Waals surface area contributed by atoms with E-state index >= 15 is 0 Å². The van der Waals surface area contributed by atoms with E-state index in [1.54, 1.807) is 68.6 Å². The molecule has 3 aromatic carbocycles. The predicted molar refractivity (Wildman–Crippen MR) is 157 cm³/mol. The van der Waals surface area contributed by atoms with Gasteiger partial charge in [-0.05, 0) is 62.7 Å². The Morgan fingerprint density at radius 1 is 0.829 bits per heavy atom. The standard InChI is InChI=1S/C30H37N3O7S/c1-21(2)31-30(35)22(3)32(19-23-12-14-25(38-4)15-13-23)29(34)20-33(24-10-8-7-9-11-24)41(36,37)26-16-17-27(39-5)28(18-26)40-6/h7-18,21-22H,19-20H2,1-6H3,(H,31,35)/t22-/m0/s1. The van der Waals surface area contributed by atoms with Crippen molar-refractivity contribution in [1.82, 2.24) is 10.2 Å². The second-order valence-electron chi connectivity index (χ2n) is 9.57. The van der Waals surface area contributed by atoms with E-state index in [0.29, 0.717) is 17.2 Å². The first-order valence-electron chi connectivity index (χ1n) is 13.0. The van der Waals surface area contributed by atoms with Gasteiger partial charge in [0.15, 0.2) is 11.5 Å². The third kappa shape index (κ3) is 7.69. The highest BCUT2D eigenvalue weighted by Crippen LogP contribution is 2.32. The topological polar surface area (TPSA) is 114 Å². The van der Waals surface area contributed by atoms with Crippen LogP contribution in [0.15, 0.2) is 77.7 Å². The molecule has 0 saturated heterocycles. The molecule has 41 heavy (non-hydrogen) atoms. The number of ether oxygens (including phenoxy) is 3. The molecular formula is C30H37N3O7S. The molecule has 11 heteroatoms. The van der Waals surface area contributed by atoms with Crippen molar-refractivity contribution in [2.24, 2.45) is 0 Å². The Kier molecular flexibility index (Phi) is 10.6. The molecule has 0 fully saturated rings. The lowest BCUT2D eigenvalue weighted by atomic mass is 10.1. The van der Waals surface area contributed by atoms with Gasteiger partial charge in [0.25, 0.3) is 10.0 Å². The van der Waals surface area contributed by atoms with Crippen LogP contribution in [0.3, 0.4) is 0 Å². The lowest BCUT2D eigenvalue weighted by Crippen LogP contribution is -2.52. The number of hydrogen-bond acceptors (Lipinski definition) is 7. The molecule has 0 saturated carbocycles. The molecule has 220 valence electrons. The summed E-state index contributed by atoms with van der Waals surface area (Å²) in [5.41, 5.74) is 1.04. The summed E-state index contributed by atoms with van der Waals surface area (Å²) in [6.45, 7) is 4.81. The molecule has 0 aliphatic rings. The third-order valence-electron chi connectivity index (χ3n) is 6.38. The highest BCUT2D eigenvalue weighted by atomic mass is 32.2.